The Morgan fingerprint density at radius 1 is 1.29 bits per heavy atom. The van der Waals surface area contributed by atoms with Gasteiger partial charge in [0, 0.05) is 11.1 Å². The van der Waals surface area contributed by atoms with Gasteiger partial charge in [-0.05, 0) is 36.4 Å². The third-order valence-electron chi connectivity index (χ3n) is 2.20. The standard InChI is InChI=1S/C12H12N4S/c1-8-4-2-3-5-10(8)17-12-15-7-6-9(16-12)11(13)14/h2-7H,1H3,(H3,13,14). The van der Waals surface area contributed by atoms with Gasteiger partial charge in [-0.15, -0.1) is 0 Å². The molecule has 5 heteroatoms. The molecule has 0 saturated carbocycles. The largest absolute Gasteiger partial charge is 0.382 e. The molecule has 0 unspecified atom stereocenters. The number of aryl methyl sites for hydroxylation is 1. The third-order valence-corrected chi connectivity index (χ3v) is 3.26. The van der Waals surface area contributed by atoms with Crippen molar-refractivity contribution in [2.45, 2.75) is 17.0 Å². The van der Waals surface area contributed by atoms with E-state index < -0.39 is 0 Å². The molecule has 2 aromatic rings. The van der Waals surface area contributed by atoms with Crippen molar-refractivity contribution in [3.05, 3.63) is 47.8 Å². The maximum absolute atomic E-state index is 7.33. The number of rotatable bonds is 3. The van der Waals surface area contributed by atoms with Crippen molar-refractivity contribution in [1.29, 1.82) is 5.41 Å². The minimum atomic E-state index is -0.0426. The highest BCUT2D eigenvalue weighted by atomic mass is 32.2. The molecule has 17 heavy (non-hydrogen) atoms. The Balaban J connectivity index is 2.28. The molecule has 86 valence electrons. The van der Waals surface area contributed by atoms with Crippen LogP contribution in [-0.4, -0.2) is 15.8 Å². The molecule has 0 bridgehead atoms. The summed E-state index contributed by atoms with van der Waals surface area (Å²) >= 11 is 1.47. The first-order valence-electron chi connectivity index (χ1n) is 5.08. The Morgan fingerprint density at radius 2 is 2.06 bits per heavy atom. The first kappa shape index (κ1) is 11.6. The van der Waals surface area contributed by atoms with Gasteiger partial charge in [0.2, 0.25) is 0 Å². The van der Waals surface area contributed by atoms with Crippen LogP contribution in [0.1, 0.15) is 11.3 Å². The van der Waals surface area contributed by atoms with Gasteiger partial charge in [0.25, 0.3) is 0 Å². The first-order valence-corrected chi connectivity index (χ1v) is 5.89. The summed E-state index contributed by atoms with van der Waals surface area (Å²) < 4.78 is 0. The molecule has 3 N–H and O–H groups in total. The molecule has 4 nitrogen and oxygen atoms in total. The molecule has 0 aliphatic heterocycles. The number of hydrogen-bond acceptors (Lipinski definition) is 4. The third kappa shape index (κ3) is 2.82. The van der Waals surface area contributed by atoms with Crippen molar-refractivity contribution in [2.24, 2.45) is 5.73 Å². The zero-order valence-corrected chi connectivity index (χ0v) is 10.2. The second-order valence-electron chi connectivity index (χ2n) is 3.51. The summed E-state index contributed by atoms with van der Waals surface area (Å²) in [6.07, 6.45) is 1.62. The minimum absolute atomic E-state index is 0.0426. The summed E-state index contributed by atoms with van der Waals surface area (Å²) in [4.78, 5) is 9.47. The van der Waals surface area contributed by atoms with E-state index in [2.05, 4.69) is 9.97 Å². The Kier molecular flexibility index (Phi) is 3.39. The predicted molar refractivity (Wildman–Crippen MR) is 68.4 cm³/mol. The molecule has 1 aromatic carbocycles. The highest BCUT2D eigenvalue weighted by molar-refractivity contribution is 7.99. The van der Waals surface area contributed by atoms with Crippen LogP contribution >= 0.6 is 11.8 Å². The molecule has 0 aliphatic carbocycles. The van der Waals surface area contributed by atoms with E-state index in [-0.39, 0.29) is 5.84 Å². The van der Waals surface area contributed by atoms with E-state index in [1.807, 2.05) is 31.2 Å². The number of nitrogens with two attached hydrogens (primary N) is 1. The summed E-state index contributed by atoms with van der Waals surface area (Å²) in [5.74, 6) is -0.0426. The van der Waals surface area contributed by atoms with Gasteiger partial charge < -0.3 is 5.73 Å². The van der Waals surface area contributed by atoms with Gasteiger partial charge in [-0.1, -0.05) is 18.2 Å². The van der Waals surface area contributed by atoms with Crippen LogP contribution in [0.5, 0.6) is 0 Å². The average Bonchev–Trinajstić information content (AvgIpc) is 2.32. The normalized spacial score (nSPS) is 10.2. The van der Waals surface area contributed by atoms with E-state index in [4.69, 9.17) is 11.1 Å². The molecule has 2 rings (SSSR count). The van der Waals surface area contributed by atoms with E-state index in [9.17, 15) is 0 Å². The van der Waals surface area contributed by atoms with Gasteiger partial charge in [0.15, 0.2) is 5.16 Å². The van der Waals surface area contributed by atoms with Gasteiger partial charge in [-0.2, -0.15) is 0 Å². The molecule has 0 atom stereocenters. The van der Waals surface area contributed by atoms with Gasteiger partial charge in [-0.25, -0.2) is 9.97 Å². The second-order valence-corrected chi connectivity index (χ2v) is 4.51. The smallest absolute Gasteiger partial charge is 0.193 e. The van der Waals surface area contributed by atoms with Crippen LogP contribution in [0, 0.1) is 12.3 Å². The summed E-state index contributed by atoms with van der Waals surface area (Å²) in [5, 5.41) is 7.94. The van der Waals surface area contributed by atoms with E-state index in [1.54, 1.807) is 12.3 Å². The van der Waals surface area contributed by atoms with Gasteiger partial charge >= 0.3 is 0 Å². The maximum Gasteiger partial charge on any atom is 0.193 e. The van der Waals surface area contributed by atoms with Crippen LogP contribution in [0.3, 0.4) is 0 Å². The Labute approximate surface area is 104 Å². The van der Waals surface area contributed by atoms with Crippen molar-refractivity contribution in [1.82, 2.24) is 9.97 Å². The number of nitrogens with one attached hydrogen (secondary N) is 1. The second kappa shape index (κ2) is 4.97. The number of benzene rings is 1. The molecular formula is C12H12N4S. The lowest BCUT2D eigenvalue weighted by Crippen LogP contribution is -2.13. The van der Waals surface area contributed by atoms with Crippen molar-refractivity contribution in [3.63, 3.8) is 0 Å². The van der Waals surface area contributed by atoms with Gasteiger partial charge in [0.1, 0.15) is 11.5 Å². The van der Waals surface area contributed by atoms with Crippen LogP contribution in [0.2, 0.25) is 0 Å². The highest BCUT2D eigenvalue weighted by Crippen LogP contribution is 2.27. The zero-order valence-electron chi connectivity index (χ0n) is 9.34. The van der Waals surface area contributed by atoms with Crippen molar-refractivity contribution in [3.8, 4) is 0 Å². The predicted octanol–water partition coefficient (Wildman–Crippen LogP) is 2.22. The van der Waals surface area contributed by atoms with Crippen LogP contribution < -0.4 is 5.73 Å². The van der Waals surface area contributed by atoms with Gasteiger partial charge in [0.05, 0.1) is 0 Å². The van der Waals surface area contributed by atoms with Crippen molar-refractivity contribution in [2.75, 3.05) is 0 Å². The van der Waals surface area contributed by atoms with Crippen LogP contribution in [0.4, 0.5) is 0 Å². The topological polar surface area (TPSA) is 75.7 Å². The van der Waals surface area contributed by atoms with E-state index >= 15 is 0 Å². The summed E-state index contributed by atoms with van der Waals surface area (Å²) in [6.45, 7) is 2.04. The SMILES string of the molecule is Cc1ccccc1Sc1nccc(C(=N)N)n1. The maximum atomic E-state index is 7.33. The van der Waals surface area contributed by atoms with Crippen molar-refractivity contribution < 1.29 is 0 Å². The molecule has 0 fully saturated rings. The molecule has 0 saturated heterocycles. The monoisotopic (exact) mass is 244 g/mol. The lowest BCUT2D eigenvalue weighted by atomic mass is 10.2. The fourth-order valence-corrected chi connectivity index (χ4v) is 2.14. The van der Waals surface area contributed by atoms with E-state index in [0.29, 0.717) is 10.9 Å². The molecule has 0 amide bonds. The van der Waals surface area contributed by atoms with E-state index in [0.717, 1.165) is 4.90 Å². The minimum Gasteiger partial charge on any atom is -0.382 e. The molecule has 0 spiro atoms. The lowest BCUT2D eigenvalue weighted by Gasteiger charge is -2.04. The Morgan fingerprint density at radius 3 is 2.76 bits per heavy atom. The average molecular weight is 244 g/mol. The first-order chi connectivity index (χ1) is 8.16. The summed E-state index contributed by atoms with van der Waals surface area (Å²) in [7, 11) is 0. The number of nitrogens with zero attached hydrogens (tertiary/aromatic N) is 2. The number of amidine groups is 1. The zero-order chi connectivity index (χ0) is 12.3. The lowest BCUT2D eigenvalue weighted by molar-refractivity contribution is 0.953. The number of nitrogen functional groups attached to an aromatic ring is 1. The molecular weight excluding hydrogens is 232 g/mol. The Hall–Kier alpha value is -1.88. The van der Waals surface area contributed by atoms with Gasteiger partial charge in [-0.3, -0.25) is 5.41 Å². The quantitative estimate of drug-likeness (QED) is 0.493. The molecule has 0 radical (unpaired) electrons. The molecule has 1 aromatic heterocycles. The van der Waals surface area contributed by atoms with Crippen molar-refractivity contribution >= 4 is 17.6 Å². The number of hydrogen-bond donors (Lipinski definition) is 2. The Bertz CT molecular complexity index is 554. The fraction of sp³-hybridized carbons (Fsp3) is 0.0833. The molecule has 1 heterocycles. The van der Waals surface area contributed by atoms with Crippen LogP contribution in [0.15, 0.2) is 46.6 Å². The van der Waals surface area contributed by atoms with Crippen LogP contribution in [-0.2, 0) is 0 Å². The fourth-order valence-electron chi connectivity index (χ4n) is 1.31. The van der Waals surface area contributed by atoms with Crippen LogP contribution in [0.25, 0.3) is 0 Å². The number of aromatic nitrogens is 2. The summed E-state index contributed by atoms with van der Waals surface area (Å²) in [5.41, 5.74) is 7.02. The van der Waals surface area contributed by atoms with E-state index in [1.165, 1.54) is 17.3 Å². The molecule has 0 aliphatic rings. The summed E-state index contributed by atoms with van der Waals surface area (Å²) in [6, 6.07) is 9.65. The highest BCUT2D eigenvalue weighted by Gasteiger charge is 2.05.